The normalized spacial score (nSPS) is 16.9. The Kier molecular flexibility index (Phi) is 4.05. The summed E-state index contributed by atoms with van der Waals surface area (Å²) in [6.45, 7) is 2.22. The highest BCUT2D eigenvalue weighted by Crippen LogP contribution is 2.28. The Morgan fingerprint density at radius 2 is 1.78 bits per heavy atom. The molecule has 0 unspecified atom stereocenters. The van der Waals surface area contributed by atoms with Crippen molar-refractivity contribution in [3.8, 4) is 0 Å². The quantitative estimate of drug-likeness (QED) is 0.756. The molecule has 0 spiro atoms. The Morgan fingerprint density at radius 3 is 2.37 bits per heavy atom. The number of rotatable bonds is 3. The maximum absolute atomic E-state index is 12.8. The predicted octanol–water partition coefficient (Wildman–Crippen LogP) is -0.0461. The number of hydrogen-bond acceptors (Lipinski definition) is 5. The predicted molar refractivity (Wildman–Crippen MR) is 99.3 cm³/mol. The molecule has 0 bridgehead atoms. The number of fused-ring (bicyclic) bond motifs is 1. The number of aromatic nitrogens is 4. The van der Waals surface area contributed by atoms with E-state index in [2.05, 4.69) is 11.1 Å². The molecule has 1 amide bonds. The Labute approximate surface area is 154 Å². The van der Waals surface area contributed by atoms with Crippen molar-refractivity contribution < 1.29 is 9.90 Å². The van der Waals surface area contributed by atoms with E-state index in [9.17, 15) is 14.4 Å². The van der Waals surface area contributed by atoms with Crippen molar-refractivity contribution in [1.29, 1.82) is 0 Å². The van der Waals surface area contributed by atoms with Crippen molar-refractivity contribution in [3.05, 3.63) is 32.5 Å². The standard InChI is InChI=1S/C17H22N6O4/c1-19-13-12(14(24)20(2)16(19)25)23(6-5-11-3-4-11)15(18-13)21-7-9-22(10-8-21)17(26)27/h5H,3-4,6-10H2,1-2H3,(H,26,27). The van der Waals surface area contributed by atoms with Gasteiger partial charge < -0.3 is 19.5 Å². The summed E-state index contributed by atoms with van der Waals surface area (Å²) in [5.41, 5.74) is 1.31. The summed E-state index contributed by atoms with van der Waals surface area (Å²) in [5.74, 6) is 0.603. The molecular formula is C17H22N6O4. The lowest BCUT2D eigenvalue weighted by Gasteiger charge is -2.33. The van der Waals surface area contributed by atoms with Crippen LogP contribution in [0.5, 0.6) is 0 Å². The van der Waals surface area contributed by atoms with Crippen molar-refractivity contribution >= 4 is 23.2 Å². The molecule has 1 saturated carbocycles. The smallest absolute Gasteiger partial charge is 0.407 e. The number of allylic oxidation sites excluding steroid dienone is 2. The Bertz CT molecular complexity index is 1060. The third-order valence-corrected chi connectivity index (χ3v) is 5.26. The van der Waals surface area contributed by atoms with Crippen LogP contribution < -0.4 is 16.1 Å². The zero-order chi connectivity index (χ0) is 19.3. The average molecular weight is 374 g/mol. The molecular weight excluding hydrogens is 352 g/mol. The van der Waals surface area contributed by atoms with Crippen LogP contribution in [-0.2, 0) is 20.6 Å². The van der Waals surface area contributed by atoms with Gasteiger partial charge in [-0.3, -0.25) is 13.9 Å². The molecule has 10 heteroatoms. The second kappa shape index (κ2) is 6.29. The van der Waals surface area contributed by atoms with Crippen molar-refractivity contribution in [2.45, 2.75) is 19.4 Å². The van der Waals surface area contributed by atoms with E-state index in [1.807, 2.05) is 9.47 Å². The van der Waals surface area contributed by atoms with Gasteiger partial charge in [-0.1, -0.05) is 11.6 Å². The van der Waals surface area contributed by atoms with Crippen LogP contribution in [0.4, 0.5) is 10.7 Å². The molecule has 4 rings (SSSR count). The van der Waals surface area contributed by atoms with Gasteiger partial charge in [0.1, 0.15) is 0 Å². The van der Waals surface area contributed by atoms with E-state index in [1.54, 1.807) is 7.05 Å². The highest BCUT2D eigenvalue weighted by atomic mass is 16.4. The zero-order valence-corrected chi connectivity index (χ0v) is 15.4. The number of amides is 1. The van der Waals surface area contributed by atoms with Crippen molar-refractivity contribution in [3.63, 3.8) is 0 Å². The highest BCUT2D eigenvalue weighted by Gasteiger charge is 2.27. The second-order valence-electron chi connectivity index (χ2n) is 7.02. The van der Waals surface area contributed by atoms with Crippen LogP contribution in [0.3, 0.4) is 0 Å². The highest BCUT2D eigenvalue weighted by molar-refractivity contribution is 5.75. The first-order valence-electron chi connectivity index (χ1n) is 8.95. The lowest BCUT2D eigenvalue weighted by Crippen LogP contribution is -2.49. The molecule has 2 aliphatic rings. The van der Waals surface area contributed by atoms with E-state index >= 15 is 0 Å². The van der Waals surface area contributed by atoms with E-state index in [0.717, 1.165) is 17.4 Å². The molecule has 27 heavy (non-hydrogen) atoms. The fraction of sp³-hybridized carbons (Fsp3) is 0.529. The minimum atomic E-state index is -0.933. The monoisotopic (exact) mass is 374 g/mol. The lowest BCUT2D eigenvalue weighted by atomic mass is 10.3. The topological polar surface area (TPSA) is 106 Å². The molecule has 144 valence electrons. The summed E-state index contributed by atoms with van der Waals surface area (Å²) in [4.78, 5) is 44.2. The van der Waals surface area contributed by atoms with E-state index in [4.69, 9.17) is 5.11 Å². The largest absolute Gasteiger partial charge is 0.465 e. The fourth-order valence-corrected chi connectivity index (χ4v) is 3.44. The molecule has 2 aromatic heterocycles. The molecule has 0 radical (unpaired) electrons. The minimum Gasteiger partial charge on any atom is -0.465 e. The molecule has 0 atom stereocenters. The third-order valence-electron chi connectivity index (χ3n) is 5.26. The number of piperazine rings is 1. The summed E-state index contributed by atoms with van der Waals surface area (Å²) in [6, 6.07) is 0. The van der Waals surface area contributed by atoms with Gasteiger partial charge in [-0.2, -0.15) is 4.98 Å². The molecule has 10 nitrogen and oxygen atoms in total. The first-order chi connectivity index (χ1) is 12.9. The molecule has 3 heterocycles. The van der Waals surface area contributed by atoms with Crippen LogP contribution >= 0.6 is 0 Å². The summed E-state index contributed by atoms with van der Waals surface area (Å²) in [7, 11) is 3.07. The van der Waals surface area contributed by atoms with Gasteiger partial charge in [-0.15, -0.1) is 0 Å². The maximum atomic E-state index is 12.8. The maximum Gasteiger partial charge on any atom is 0.407 e. The van der Waals surface area contributed by atoms with Crippen LogP contribution in [0.1, 0.15) is 12.8 Å². The SMILES string of the molecule is Cn1c(=O)c2c(nc(N3CCN(C(=O)O)CC3)n2CC=C2CC2)n(C)c1=O. The summed E-state index contributed by atoms with van der Waals surface area (Å²) in [5, 5.41) is 9.15. The second-order valence-corrected chi connectivity index (χ2v) is 7.02. The Morgan fingerprint density at radius 1 is 1.11 bits per heavy atom. The molecule has 1 aliphatic carbocycles. The number of carboxylic acid groups (broad SMARTS) is 1. The number of anilines is 1. The Hall–Kier alpha value is -3.04. The van der Waals surface area contributed by atoms with E-state index in [0.29, 0.717) is 49.8 Å². The number of carbonyl (C=O) groups is 1. The fourth-order valence-electron chi connectivity index (χ4n) is 3.44. The molecule has 2 aromatic rings. The van der Waals surface area contributed by atoms with Crippen LogP contribution in [0.25, 0.3) is 11.2 Å². The molecule has 1 saturated heterocycles. The molecule has 0 aromatic carbocycles. The van der Waals surface area contributed by atoms with Crippen LogP contribution in [0.15, 0.2) is 21.2 Å². The van der Waals surface area contributed by atoms with E-state index < -0.39 is 11.8 Å². The Balaban J connectivity index is 1.83. The average Bonchev–Trinajstić information content (AvgIpc) is 3.42. The van der Waals surface area contributed by atoms with Gasteiger partial charge in [0.2, 0.25) is 5.95 Å². The first kappa shape index (κ1) is 17.4. The summed E-state index contributed by atoms with van der Waals surface area (Å²) in [6.07, 6.45) is 3.33. The number of nitrogens with zero attached hydrogens (tertiary/aromatic N) is 6. The lowest BCUT2D eigenvalue weighted by molar-refractivity contribution is 0.142. The van der Waals surface area contributed by atoms with Gasteiger partial charge in [0.05, 0.1) is 0 Å². The van der Waals surface area contributed by atoms with Gasteiger partial charge in [-0.05, 0) is 12.8 Å². The first-order valence-corrected chi connectivity index (χ1v) is 8.95. The van der Waals surface area contributed by atoms with Crippen LogP contribution in [0, 0.1) is 0 Å². The molecule has 1 N–H and O–H groups in total. The summed E-state index contributed by atoms with van der Waals surface area (Å²) < 4.78 is 4.32. The number of aryl methyl sites for hydroxylation is 1. The number of hydrogen-bond donors (Lipinski definition) is 1. The summed E-state index contributed by atoms with van der Waals surface area (Å²) >= 11 is 0. The van der Waals surface area contributed by atoms with Crippen molar-refractivity contribution in [1.82, 2.24) is 23.6 Å². The molecule has 2 fully saturated rings. The van der Waals surface area contributed by atoms with Gasteiger partial charge in [0.15, 0.2) is 11.2 Å². The van der Waals surface area contributed by atoms with Gasteiger partial charge in [-0.25, -0.2) is 9.59 Å². The minimum absolute atomic E-state index is 0.355. The molecule has 1 aliphatic heterocycles. The number of imidazole rings is 1. The van der Waals surface area contributed by atoms with Crippen molar-refractivity contribution in [2.75, 3.05) is 31.1 Å². The van der Waals surface area contributed by atoms with E-state index in [-0.39, 0.29) is 5.56 Å². The van der Waals surface area contributed by atoms with E-state index in [1.165, 1.54) is 22.1 Å². The van der Waals surface area contributed by atoms with Gasteiger partial charge >= 0.3 is 11.8 Å². The van der Waals surface area contributed by atoms with Crippen molar-refractivity contribution in [2.24, 2.45) is 14.1 Å². The third kappa shape index (κ3) is 2.90. The van der Waals surface area contributed by atoms with Crippen LogP contribution in [-0.4, -0.2) is 61.0 Å². The van der Waals surface area contributed by atoms with Gasteiger partial charge in [0.25, 0.3) is 5.56 Å². The van der Waals surface area contributed by atoms with Gasteiger partial charge in [0, 0.05) is 46.8 Å². The zero-order valence-electron chi connectivity index (χ0n) is 15.4. The van der Waals surface area contributed by atoms with Crippen LogP contribution in [0.2, 0.25) is 0 Å².